The van der Waals surface area contributed by atoms with Crippen molar-refractivity contribution in [3.63, 3.8) is 0 Å². The van der Waals surface area contributed by atoms with Gasteiger partial charge in [0.2, 0.25) is 0 Å². The Kier molecular flexibility index (Phi) is 7.76. The van der Waals surface area contributed by atoms with E-state index in [1.807, 2.05) is 31.2 Å². The van der Waals surface area contributed by atoms with Crippen LogP contribution in [0.3, 0.4) is 0 Å². The first-order chi connectivity index (χ1) is 15.0. The van der Waals surface area contributed by atoms with Gasteiger partial charge in [-0.25, -0.2) is 0 Å². The van der Waals surface area contributed by atoms with Crippen molar-refractivity contribution in [2.75, 3.05) is 43.4 Å². The summed E-state index contributed by atoms with van der Waals surface area (Å²) < 4.78 is 0. The van der Waals surface area contributed by atoms with Gasteiger partial charge in [-0.3, -0.25) is 9.59 Å². The lowest BCUT2D eigenvalue weighted by molar-refractivity contribution is -1.01. The largest absolute Gasteiger partial charge is 0.321 e. The van der Waals surface area contributed by atoms with Crippen LogP contribution >= 0.6 is 0 Å². The smallest absolute Gasteiger partial charge is 0.282 e. The normalized spacial score (nSPS) is 19.1. The summed E-state index contributed by atoms with van der Waals surface area (Å²) in [5, 5.41) is 15.0. The number of nitrogens with zero attached hydrogens (tertiary/aromatic N) is 1. The highest BCUT2D eigenvalue weighted by atomic mass is 16.2. The van der Waals surface area contributed by atoms with Gasteiger partial charge in [-0.15, -0.1) is 0 Å². The predicted molar refractivity (Wildman–Crippen MR) is 120 cm³/mol. The summed E-state index contributed by atoms with van der Waals surface area (Å²) in [6.07, 6.45) is 0.881. The van der Waals surface area contributed by atoms with Crippen molar-refractivity contribution < 1.29 is 19.4 Å². The maximum atomic E-state index is 12.6. The van der Waals surface area contributed by atoms with Crippen LogP contribution in [0.2, 0.25) is 0 Å². The van der Waals surface area contributed by atoms with Gasteiger partial charge in [0.15, 0.2) is 12.6 Å². The van der Waals surface area contributed by atoms with Crippen LogP contribution in [0.1, 0.15) is 25.0 Å². The van der Waals surface area contributed by atoms with E-state index in [0.29, 0.717) is 17.8 Å². The summed E-state index contributed by atoms with van der Waals surface area (Å²) in [6, 6.07) is 16.7. The quantitative estimate of drug-likeness (QED) is 0.502. The molecule has 0 radical (unpaired) electrons. The standard InChI is InChI=1S/C24H29N5O2/c1-3-20-8-4-5-10-22(20)27-23(30)17-28-11-13-29(14-12-28)18(2)24(31)26-21-9-6-7-19(15-21)16-25/h4-10,15,18H,3,11-14,17H2,1-2H3,(H,26,31)(H,27,30)/p+2/t18-/m1/s1. The van der Waals surface area contributed by atoms with E-state index >= 15 is 0 Å². The number of carbonyl (C=O) groups is 2. The molecule has 4 N–H and O–H groups in total. The number of anilines is 2. The van der Waals surface area contributed by atoms with Crippen molar-refractivity contribution in [3.05, 3.63) is 59.7 Å². The number of para-hydroxylation sites is 1. The molecule has 7 heteroatoms. The molecule has 0 unspecified atom stereocenters. The second kappa shape index (κ2) is 10.7. The van der Waals surface area contributed by atoms with E-state index in [2.05, 4.69) is 23.6 Å². The Morgan fingerprint density at radius 2 is 1.81 bits per heavy atom. The average Bonchev–Trinajstić information content (AvgIpc) is 2.79. The molecular weight excluding hydrogens is 390 g/mol. The van der Waals surface area contributed by atoms with Crippen molar-refractivity contribution in [1.29, 1.82) is 5.26 Å². The number of benzene rings is 2. The monoisotopic (exact) mass is 421 g/mol. The van der Waals surface area contributed by atoms with E-state index in [4.69, 9.17) is 5.26 Å². The Hall–Kier alpha value is -3.21. The lowest BCUT2D eigenvalue weighted by atomic mass is 10.1. The molecule has 0 aromatic heterocycles. The molecule has 162 valence electrons. The SMILES string of the molecule is CCc1ccccc1NC(=O)C[NH+]1CC[NH+]([C@H](C)C(=O)Nc2cccc(C#N)c2)CC1. The number of nitrogens with one attached hydrogen (secondary N) is 4. The van der Waals surface area contributed by atoms with Gasteiger partial charge in [0.25, 0.3) is 11.8 Å². The molecule has 3 rings (SSSR count). The summed E-state index contributed by atoms with van der Waals surface area (Å²) in [5.41, 5.74) is 3.20. The van der Waals surface area contributed by atoms with Crippen LogP contribution in [-0.4, -0.2) is 50.6 Å². The Morgan fingerprint density at radius 1 is 1.06 bits per heavy atom. The minimum Gasteiger partial charge on any atom is -0.321 e. The van der Waals surface area contributed by atoms with E-state index < -0.39 is 0 Å². The zero-order chi connectivity index (χ0) is 22.2. The zero-order valence-electron chi connectivity index (χ0n) is 18.2. The fraction of sp³-hybridized carbons (Fsp3) is 0.375. The number of quaternary nitrogens is 2. The molecule has 7 nitrogen and oxygen atoms in total. The third kappa shape index (κ3) is 6.14. The first-order valence-electron chi connectivity index (χ1n) is 10.9. The van der Waals surface area contributed by atoms with Crippen LogP contribution < -0.4 is 20.4 Å². The third-order valence-electron chi connectivity index (χ3n) is 5.95. The highest BCUT2D eigenvalue weighted by Gasteiger charge is 2.31. The predicted octanol–water partition coefficient (Wildman–Crippen LogP) is -0.130. The molecule has 1 atom stereocenters. The lowest BCUT2D eigenvalue weighted by Gasteiger charge is -2.32. The molecule has 0 bridgehead atoms. The van der Waals surface area contributed by atoms with Gasteiger partial charge >= 0.3 is 0 Å². The molecule has 0 saturated carbocycles. The molecule has 1 fully saturated rings. The third-order valence-corrected chi connectivity index (χ3v) is 5.95. The maximum absolute atomic E-state index is 12.6. The van der Waals surface area contributed by atoms with Gasteiger partial charge in [-0.05, 0) is 43.2 Å². The van der Waals surface area contributed by atoms with E-state index in [0.717, 1.165) is 43.9 Å². The zero-order valence-corrected chi connectivity index (χ0v) is 18.2. The Morgan fingerprint density at radius 3 is 2.52 bits per heavy atom. The Labute approximate surface area is 183 Å². The number of aryl methyl sites for hydroxylation is 1. The number of hydrogen-bond acceptors (Lipinski definition) is 3. The van der Waals surface area contributed by atoms with Crippen molar-refractivity contribution in [2.24, 2.45) is 0 Å². The van der Waals surface area contributed by atoms with Crippen LogP contribution in [-0.2, 0) is 16.0 Å². The molecule has 1 aliphatic rings. The number of carbonyl (C=O) groups excluding carboxylic acids is 2. The van der Waals surface area contributed by atoms with Gasteiger partial charge < -0.3 is 20.4 Å². The molecule has 2 aromatic carbocycles. The molecule has 31 heavy (non-hydrogen) atoms. The van der Waals surface area contributed by atoms with Gasteiger partial charge in [0.05, 0.1) is 11.6 Å². The van der Waals surface area contributed by atoms with E-state index in [9.17, 15) is 9.59 Å². The van der Waals surface area contributed by atoms with E-state index in [1.54, 1.807) is 24.3 Å². The number of hydrogen-bond donors (Lipinski definition) is 4. The van der Waals surface area contributed by atoms with Crippen LogP contribution in [0, 0.1) is 11.3 Å². The average molecular weight is 422 g/mol. The number of rotatable bonds is 7. The van der Waals surface area contributed by atoms with Gasteiger partial charge in [0.1, 0.15) is 26.2 Å². The lowest BCUT2D eigenvalue weighted by Crippen LogP contribution is -3.30. The molecule has 2 aromatic rings. The molecular formula is C24H31N5O2+2. The summed E-state index contributed by atoms with van der Waals surface area (Å²) in [5.74, 6) is -0.0232. The number of nitriles is 1. The first kappa shape index (κ1) is 22.5. The van der Waals surface area contributed by atoms with Crippen molar-refractivity contribution in [1.82, 2.24) is 0 Å². The van der Waals surface area contributed by atoms with Crippen LogP contribution in [0.4, 0.5) is 11.4 Å². The topological polar surface area (TPSA) is 90.9 Å². The highest BCUT2D eigenvalue weighted by Crippen LogP contribution is 2.14. The second-order valence-electron chi connectivity index (χ2n) is 8.05. The molecule has 0 aliphatic carbocycles. The number of piperazine rings is 1. The van der Waals surface area contributed by atoms with Crippen molar-refractivity contribution >= 4 is 23.2 Å². The molecule has 0 spiro atoms. The summed E-state index contributed by atoms with van der Waals surface area (Å²) in [7, 11) is 0. The molecule has 1 heterocycles. The molecule has 1 aliphatic heterocycles. The number of amides is 2. The van der Waals surface area contributed by atoms with Gasteiger partial charge in [0, 0.05) is 11.4 Å². The van der Waals surface area contributed by atoms with Crippen LogP contribution in [0.15, 0.2) is 48.5 Å². The van der Waals surface area contributed by atoms with Crippen LogP contribution in [0.5, 0.6) is 0 Å². The highest BCUT2D eigenvalue weighted by molar-refractivity contribution is 5.94. The van der Waals surface area contributed by atoms with E-state index in [-0.39, 0.29) is 17.9 Å². The maximum Gasteiger partial charge on any atom is 0.282 e. The van der Waals surface area contributed by atoms with Crippen molar-refractivity contribution in [3.8, 4) is 6.07 Å². The summed E-state index contributed by atoms with van der Waals surface area (Å²) >= 11 is 0. The summed E-state index contributed by atoms with van der Waals surface area (Å²) in [6.45, 7) is 7.81. The minimum absolute atomic E-state index is 0.0301. The van der Waals surface area contributed by atoms with Crippen molar-refractivity contribution in [2.45, 2.75) is 26.3 Å². The Bertz CT molecular complexity index is 960. The van der Waals surface area contributed by atoms with Gasteiger partial charge in [-0.2, -0.15) is 5.26 Å². The van der Waals surface area contributed by atoms with Crippen LogP contribution in [0.25, 0.3) is 0 Å². The molecule has 1 saturated heterocycles. The first-order valence-corrected chi connectivity index (χ1v) is 10.9. The summed E-state index contributed by atoms with van der Waals surface area (Å²) in [4.78, 5) is 27.6. The second-order valence-corrected chi connectivity index (χ2v) is 8.05. The van der Waals surface area contributed by atoms with E-state index in [1.165, 1.54) is 9.80 Å². The van der Waals surface area contributed by atoms with Gasteiger partial charge in [-0.1, -0.05) is 31.2 Å². The fourth-order valence-corrected chi connectivity index (χ4v) is 4.01. The minimum atomic E-state index is -0.197. The molecule has 2 amide bonds. The fourth-order valence-electron chi connectivity index (χ4n) is 4.01. The Balaban J connectivity index is 1.46.